The standard InChI is InChI=1S/C23H37N5O2/c1-4-24-22(26-18-23(2,3)27-14-8-5-9-15-27)25-13-10-16-28-19-11-6-7-12-20(19)30-17-21(28)29/h6-7,11-12H,4-5,8-10,13-18H2,1-3H3,(H2,24,25,26). The molecule has 0 bridgehead atoms. The van der Waals surface area contributed by atoms with Crippen LogP contribution in [-0.2, 0) is 4.79 Å². The zero-order valence-corrected chi connectivity index (χ0v) is 18.7. The summed E-state index contributed by atoms with van der Waals surface area (Å²) < 4.78 is 5.52. The fraction of sp³-hybridized carbons (Fsp3) is 0.652. The zero-order valence-electron chi connectivity index (χ0n) is 18.7. The van der Waals surface area contributed by atoms with Crippen molar-refractivity contribution in [3.05, 3.63) is 24.3 Å². The predicted molar refractivity (Wildman–Crippen MR) is 122 cm³/mol. The largest absolute Gasteiger partial charge is 0.482 e. The number of nitrogens with zero attached hydrogens (tertiary/aromatic N) is 3. The molecule has 2 heterocycles. The maximum atomic E-state index is 12.3. The number of amides is 1. The number of likely N-dealkylation sites (tertiary alicyclic amines) is 1. The minimum Gasteiger partial charge on any atom is -0.482 e. The molecule has 0 radical (unpaired) electrons. The van der Waals surface area contributed by atoms with Crippen molar-refractivity contribution < 1.29 is 9.53 Å². The molecule has 2 N–H and O–H groups in total. The molecule has 0 aromatic heterocycles. The van der Waals surface area contributed by atoms with Gasteiger partial charge in [0.1, 0.15) is 5.75 Å². The molecular weight excluding hydrogens is 378 g/mol. The molecule has 1 aromatic rings. The van der Waals surface area contributed by atoms with Crippen LogP contribution in [0.3, 0.4) is 0 Å². The van der Waals surface area contributed by atoms with Gasteiger partial charge < -0.3 is 20.3 Å². The molecule has 0 aliphatic carbocycles. The second-order valence-electron chi connectivity index (χ2n) is 8.64. The van der Waals surface area contributed by atoms with Crippen molar-refractivity contribution in [1.29, 1.82) is 0 Å². The quantitative estimate of drug-likeness (QED) is 0.388. The van der Waals surface area contributed by atoms with Gasteiger partial charge >= 0.3 is 0 Å². The van der Waals surface area contributed by atoms with Gasteiger partial charge in [-0.25, -0.2) is 0 Å². The molecule has 7 nitrogen and oxygen atoms in total. The first-order valence-electron chi connectivity index (χ1n) is 11.3. The highest BCUT2D eigenvalue weighted by Gasteiger charge is 2.28. The third kappa shape index (κ3) is 5.88. The number of hydrogen-bond donors (Lipinski definition) is 2. The van der Waals surface area contributed by atoms with Crippen LogP contribution in [0.25, 0.3) is 0 Å². The highest BCUT2D eigenvalue weighted by molar-refractivity contribution is 5.97. The summed E-state index contributed by atoms with van der Waals surface area (Å²) in [5.74, 6) is 1.63. The maximum Gasteiger partial charge on any atom is 0.265 e. The number of piperidine rings is 1. The molecule has 0 saturated carbocycles. The Balaban J connectivity index is 1.50. The molecule has 0 atom stereocenters. The van der Waals surface area contributed by atoms with E-state index in [4.69, 9.17) is 9.73 Å². The molecule has 166 valence electrons. The first-order valence-corrected chi connectivity index (χ1v) is 11.3. The van der Waals surface area contributed by atoms with Crippen LogP contribution >= 0.6 is 0 Å². The highest BCUT2D eigenvalue weighted by Crippen LogP contribution is 2.31. The number of aliphatic imine (C=N–C) groups is 1. The summed E-state index contributed by atoms with van der Waals surface area (Å²) in [5.41, 5.74) is 0.921. The van der Waals surface area contributed by atoms with Crippen molar-refractivity contribution in [1.82, 2.24) is 15.5 Å². The number of carbonyl (C=O) groups is 1. The van der Waals surface area contributed by atoms with Crippen molar-refractivity contribution in [3.63, 3.8) is 0 Å². The van der Waals surface area contributed by atoms with Crippen molar-refractivity contribution in [2.24, 2.45) is 4.99 Å². The van der Waals surface area contributed by atoms with E-state index < -0.39 is 0 Å². The lowest BCUT2D eigenvalue weighted by Gasteiger charge is -2.40. The van der Waals surface area contributed by atoms with Crippen LogP contribution < -0.4 is 20.3 Å². The van der Waals surface area contributed by atoms with Crippen LogP contribution in [0.2, 0.25) is 0 Å². The summed E-state index contributed by atoms with van der Waals surface area (Å²) in [7, 11) is 0. The van der Waals surface area contributed by atoms with Crippen molar-refractivity contribution in [2.45, 2.75) is 52.0 Å². The number of rotatable bonds is 8. The Hall–Kier alpha value is -2.28. The summed E-state index contributed by atoms with van der Waals surface area (Å²) in [6.45, 7) is 12.1. The number of benzene rings is 1. The van der Waals surface area contributed by atoms with Gasteiger partial charge in [0.25, 0.3) is 5.91 Å². The first kappa shape index (κ1) is 22.4. The molecule has 2 aliphatic heterocycles. The van der Waals surface area contributed by atoms with Crippen LogP contribution in [0, 0.1) is 0 Å². The number of guanidine groups is 1. The van der Waals surface area contributed by atoms with Crippen LogP contribution in [0.5, 0.6) is 5.75 Å². The topological polar surface area (TPSA) is 69.2 Å². The SMILES string of the molecule is CCNC(=NCC(C)(C)N1CCCCC1)NCCCN1C(=O)COc2ccccc21. The van der Waals surface area contributed by atoms with E-state index in [2.05, 4.69) is 36.3 Å². The lowest BCUT2D eigenvalue weighted by atomic mass is 9.99. The van der Waals surface area contributed by atoms with E-state index >= 15 is 0 Å². The number of carbonyl (C=O) groups excluding carboxylic acids is 1. The van der Waals surface area contributed by atoms with Crippen LogP contribution in [-0.4, -0.2) is 68.2 Å². The summed E-state index contributed by atoms with van der Waals surface area (Å²) >= 11 is 0. The lowest BCUT2D eigenvalue weighted by Crippen LogP contribution is -2.49. The number of nitrogens with one attached hydrogen (secondary N) is 2. The van der Waals surface area contributed by atoms with E-state index in [1.807, 2.05) is 29.2 Å². The highest BCUT2D eigenvalue weighted by atomic mass is 16.5. The molecule has 1 aromatic carbocycles. The number of hydrogen-bond acceptors (Lipinski definition) is 4. The fourth-order valence-electron chi connectivity index (χ4n) is 4.06. The Labute approximate surface area is 180 Å². The minimum atomic E-state index is 0.0116. The fourth-order valence-corrected chi connectivity index (χ4v) is 4.06. The van der Waals surface area contributed by atoms with E-state index in [0.717, 1.165) is 43.5 Å². The molecule has 3 rings (SSSR count). The second kappa shape index (κ2) is 10.7. The minimum absolute atomic E-state index is 0.0116. The average Bonchev–Trinajstić information content (AvgIpc) is 2.76. The van der Waals surface area contributed by atoms with Gasteiger partial charge in [0, 0.05) is 25.2 Å². The monoisotopic (exact) mass is 415 g/mol. The molecular formula is C23H37N5O2. The van der Waals surface area contributed by atoms with Gasteiger partial charge in [-0.3, -0.25) is 14.7 Å². The summed E-state index contributed by atoms with van der Waals surface area (Å²) in [5, 5.41) is 6.77. The van der Waals surface area contributed by atoms with Crippen LogP contribution in [0.1, 0.15) is 46.5 Å². The van der Waals surface area contributed by atoms with Gasteiger partial charge in [-0.15, -0.1) is 0 Å². The molecule has 2 aliphatic rings. The number of ether oxygens (including phenoxy) is 1. The number of para-hydroxylation sites is 2. The smallest absolute Gasteiger partial charge is 0.265 e. The van der Waals surface area contributed by atoms with Crippen molar-refractivity contribution in [2.75, 3.05) is 50.8 Å². The van der Waals surface area contributed by atoms with Gasteiger partial charge in [-0.05, 0) is 65.3 Å². The summed E-state index contributed by atoms with van der Waals surface area (Å²) in [6.07, 6.45) is 4.75. The predicted octanol–water partition coefficient (Wildman–Crippen LogP) is 2.62. The Kier molecular flexibility index (Phi) is 7.96. The maximum absolute atomic E-state index is 12.3. The lowest BCUT2D eigenvalue weighted by molar-refractivity contribution is -0.121. The van der Waals surface area contributed by atoms with E-state index in [-0.39, 0.29) is 18.1 Å². The molecule has 30 heavy (non-hydrogen) atoms. The van der Waals surface area contributed by atoms with E-state index in [1.54, 1.807) is 0 Å². The summed E-state index contributed by atoms with van der Waals surface area (Å²) in [4.78, 5) is 21.5. The Morgan fingerprint density at radius 1 is 1.17 bits per heavy atom. The average molecular weight is 416 g/mol. The Morgan fingerprint density at radius 3 is 2.70 bits per heavy atom. The molecule has 1 amide bonds. The first-order chi connectivity index (χ1) is 14.5. The third-order valence-electron chi connectivity index (χ3n) is 5.84. The molecule has 0 spiro atoms. The van der Waals surface area contributed by atoms with E-state index in [9.17, 15) is 4.79 Å². The van der Waals surface area contributed by atoms with Gasteiger partial charge in [-0.2, -0.15) is 0 Å². The van der Waals surface area contributed by atoms with Crippen LogP contribution in [0.4, 0.5) is 5.69 Å². The van der Waals surface area contributed by atoms with E-state index in [1.165, 1.54) is 32.4 Å². The van der Waals surface area contributed by atoms with Gasteiger partial charge in [-0.1, -0.05) is 18.6 Å². The molecule has 1 fully saturated rings. The normalized spacial score (nSPS) is 18.0. The van der Waals surface area contributed by atoms with Crippen molar-refractivity contribution in [3.8, 4) is 5.75 Å². The Bertz CT molecular complexity index is 728. The van der Waals surface area contributed by atoms with E-state index in [0.29, 0.717) is 6.54 Å². The van der Waals surface area contributed by atoms with Crippen molar-refractivity contribution >= 4 is 17.6 Å². The van der Waals surface area contributed by atoms with Crippen LogP contribution in [0.15, 0.2) is 29.3 Å². The van der Waals surface area contributed by atoms with Gasteiger partial charge in [0.2, 0.25) is 0 Å². The Morgan fingerprint density at radius 2 is 1.93 bits per heavy atom. The molecule has 1 saturated heterocycles. The van der Waals surface area contributed by atoms with Gasteiger partial charge in [0.15, 0.2) is 12.6 Å². The number of anilines is 1. The van der Waals surface area contributed by atoms with Gasteiger partial charge in [0.05, 0.1) is 12.2 Å². The molecule has 7 heteroatoms. The second-order valence-corrected chi connectivity index (χ2v) is 8.64. The zero-order chi connectivity index (χ0) is 21.4. The summed E-state index contributed by atoms with van der Waals surface area (Å²) in [6, 6.07) is 7.71. The molecule has 0 unspecified atom stereocenters. The number of fused-ring (bicyclic) bond motifs is 1. The third-order valence-corrected chi connectivity index (χ3v) is 5.84.